The zero-order chi connectivity index (χ0) is 25.9. The van der Waals surface area contributed by atoms with Crippen LogP contribution < -0.4 is 10.3 Å². The van der Waals surface area contributed by atoms with Gasteiger partial charge in [0, 0.05) is 24.4 Å². The van der Waals surface area contributed by atoms with Crippen molar-refractivity contribution in [1.82, 2.24) is 14.5 Å². The standard InChI is InChI=1S/C29H29N3O4S/c1-19-4-5-20(2)22(16-19)18-37-29-30-26-17-21(27(33)31-12-14-36-15-13-31)6-11-25(26)28(34)32(29)23-7-9-24(35-3)10-8-23/h4-11,16-17H,12-15,18H2,1-3H3. The van der Waals surface area contributed by atoms with Crippen molar-refractivity contribution in [2.75, 3.05) is 33.4 Å². The van der Waals surface area contributed by atoms with Crippen LogP contribution in [-0.4, -0.2) is 53.8 Å². The summed E-state index contributed by atoms with van der Waals surface area (Å²) >= 11 is 1.51. The highest BCUT2D eigenvalue weighted by Crippen LogP contribution is 2.27. The molecule has 0 saturated carbocycles. The van der Waals surface area contributed by atoms with Crippen LogP contribution in [0.15, 0.2) is 70.6 Å². The summed E-state index contributed by atoms with van der Waals surface area (Å²) in [7, 11) is 1.61. The Morgan fingerprint density at radius 2 is 1.78 bits per heavy atom. The molecule has 37 heavy (non-hydrogen) atoms. The van der Waals surface area contributed by atoms with E-state index in [1.807, 2.05) is 24.3 Å². The second-order valence-corrected chi connectivity index (χ2v) is 10.0. The minimum Gasteiger partial charge on any atom is -0.497 e. The number of ether oxygens (including phenoxy) is 2. The molecule has 5 rings (SSSR count). The van der Waals surface area contributed by atoms with Gasteiger partial charge in [0.15, 0.2) is 5.16 Å². The van der Waals surface area contributed by atoms with Gasteiger partial charge in [0.25, 0.3) is 11.5 Å². The SMILES string of the molecule is COc1ccc(-n2c(SCc3cc(C)ccc3C)nc3cc(C(=O)N4CCOCC4)ccc3c2=O)cc1. The lowest BCUT2D eigenvalue weighted by Gasteiger charge is -2.26. The molecule has 0 aliphatic carbocycles. The first-order chi connectivity index (χ1) is 17.9. The topological polar surface area (TPSA) is 73.7 Å². The maximum atomic E-state index is 13.8. The van der Waals surface area contributed by atoms with Gasteiger partial charge in [-0.15, -0.1) is 0 Å². The van der Waals surface area contributed by atoms with Gasteiger partial charge in [-0.05, 0) is 67.4 Å². The Labute approximate surface area is 220 Å². The molecule has 1 aromatic heterocycles. The summed E-state index contributed by atoms with van der Waals surface area (Å²) in [5.41, 5.74) is 5.13. The Balaban J connectivity index is 1.59. The first-order valence-electron chi connectivity index (χ1n) is 12.2. The monoisotopic (exact) mass is 515 g/mol. The van der Waals surface area contributed by atoms with E-state index in [0.29, 0.717) is 65.1 Å². The lowest BCUT2D eigenvalue weighted by molar-refractivity contribution is 0.0303. The van der Waals surface area contributed by atoms with Crippen LogP contribution in [0, 0.1) is 13.8 Å². The molecule has 0 atom stereocenters. The molecule has 1 aliphatic heterocycles. The zero-order valence-corrected chi connectivity index (χ0v) is 22.0. The lowest BCUT2D eigenvalue weighted by Crippen LogP contribution is -2.40. The Kier molecular flexibility index (Phi) is 7.30. The number of carbonyl (C=O) groups excluding carboxylic acids is 1. The van der Waals surface area contributed by atoms with Crippen molar-refractivity contribution in [3.05, 3.63) is 93.3 Å². The molecule has 190 valence electrons. The number of thioether (sulfide) groups is 1. The van der Waals surface area contributed by atoms with Crippen LogP contribution >= 0.6 is 11.8 Å². The van der Waals surface area contributed by atoms with Crippen molar-refractivity contribution in [3.63, 3.8) is 0 Å². The molecular weight excluding hydrogens is 486 g/mol. The van der Waals surface area contributed by atoms with E-state index >= 15 is 0 Å². The summed E-state index contributed by atoms with van der Waals surface area (Å²) in [5, 5.41) is 1.03. The number of methoxy groups -OCH3 is 1. The highest BCUT2D eigenvalue weighted by Gasteiger charge is 2.21. The van der Waals surface area contributed by atoms with E-state index < -0.39 is 0 Å². The van der Waals surface area contributed by atoms with E-state index in [1.54, 1.807) is 34.8 Å². The maximum absolute atomic E-state index is 13.8. The van der Waals surface area contributed by atoms with E-state index in [0.717, 1.165) is 0 Å². The zero-order valence-electron chi connectivity index (χ0n) is 21.2. The van der Waals surface area contributed by atoms with Crippen molar-refractivity contribution in [2.45, 2.75) is 24.8 Å². The van der Waals surface area contributed by atoms with E-state index in [9.17, 15) is 9.59 Å². The highest BCUT2D eigenvalue weighted by atomic mass is 32.2. The van der Waals surface area contributed by atoms with E-state index in [-0.39, 0.29) is 11.5 Å². The molecule has 8 heteroatoms. The minimum atomic E-state index is -0.177. The first kappa shape index (κ1) is 25.0. The average Bonchev–Trinajstić information content (AvgIpc) is 2.93. The third kappa shape index (κ3) is 5.26. The molecule has 0 N–H and O–H groups in total. The highest BCUT2D eigenvalue weighted by molar-refractivity contribution is 7.98. The number of morpholine rings is 1. The van der Waals surface area contributed by atoms with Crippen LogP contribution in [0.3, 0.4) is 0 Å². The molecule has 0 unspecified atom stereocenters. The predicted octanol–water partition coefficient (Wildman–Crippen LogP) is 4.78. The van der Waals surface area contributed by atoms with Gasteiger partial charge in [0.2, 0.25) is 0 Å². The number of amides is 1. The van der Waals surface area contributed by atoms with Crippen LogP contribution in [0.2, 0.25) is 0 Å². The Hall–Kier alpha value is -3.62. The van der Waals surface area contributed by atoms with Gasteiger partial charge in [-0.2, -0.15) is 0 Å². The summed E-state index contributed by atoms with van der Waals surface area (Å²) in [6, 6.07) is 18.9. The van der Waals surface area contributed by atoms with Gasteiger partial charge >= 0.3 is 0 Å². The smallest absolute Gasteiger partial charge is 0.266 e. The summed E-state index contributed by atoms with van der Waals surface area (Å²) < 4.78 is 12.3. The number of hydrogen-bond donors (Lipinski definition) is 0. The van der Waals surface area contributed by atoms with E-state index in [2.05, 4.69) is 32.0 Å². The van der Waals surface area contributed by atoms with Gasteiger partial charge in [-0.1, -0.05) is 35.5 Å². The second kappa shape index (κ2) is 10.8. The number of fused-ring (bicyclic) bond motifs is 1. The van der Waals surface area contributed by atoms with Gasteiger partial charge in [-0.3, -0.25) is 14.2 Å². The number of carbonyl (C=O) groups is 1. The van der Waals surface area contributed by atoms with Crippen molar-refractivity contribution < 1.29 is 14.3 Å². The van der Waals surface area contributed by atoms with Gasteiger partial charge in [-0.25, -0.2) is 4.98 Å². The molecule has 1 amide bonds. The molecule has 0 radical (unpaired) electrons. The number of aromatic nitrogens is 2. The number of aryl methyl sites for hydroxylation is 2. The molecular formula is C29H29N3O4S. The van der Waals surface area contributed by atoms with Gasteiger partial charge in [0.05, 0.1) is 36.9 Å². The van der Waals surface area contributed by atoms with E-state index in [1.165, 1.54) is 28.5 Å². The second-order valence-electron chi connectivity index (χ2n) is 9.09. The Morgan fingerprint density at radius 3 is 2.51 bits per heavy atom. The molecule has 0 bridgehead atoms. The van der Waals surface area contributed by atoms with Crippen molar-refractivity contribution in [2.24, 2.45) is 0 Å². The van der Waals surface area contributed by atoms with Gasteiger partial charge in [0.1, 0.15) is 5.75 Å². The number of rotatable bonds is 6. The van der Waals surface area contributed by atoms with Crippen molar-refractivity contribution >= 4 is 28.6 Å². The fourth-order valence-electron chi connectivity index (χ4n) is 4.40. The Morgan fingerprint density at radius 1 is 1.03 bits per heavy atom. The normalized spacial score (nSPS) is 13.6. The summed E-state index contributed by atoms with van der Waals surface area (Å²) in [4.78, 5) is 33.6. The van der Waals surface area contributed by atoms with Crippen LogP contribution in [0.1, 0.15) is 27.0 Å². The van der Waals surface area contributed by atoms with Gasteiger partial charge < -0.3 is 14.4 Å². The quantitative estimate of drug-likeness (QED) is 0.272. The molecule has 7 nitrogen and oxygen atoms in total. The molecule has 1 saturated heterocycles. The molecule has 1 aliphatic rings. The predicted molar refractivity (Wildman–Crippen MR) is 146 cm³/mol. The van der Waals surface area contributed by atoms with Crippen LogP contribution in [0.5, 0.6) is 5.75 Å². The summed E-state index contributed by atoms with van der Waals surface area (Å²) in [5.74, 6) is 1.30. The van der Waals surface area contributed by atoms with Crippen LogP contribution in [-0.2, 0) is 10.5 Å². The molecule has 1 fully saturated rings. The molecule has 2 heterocycles. The number of benzene rings is 3. The maximum Gasteiger partial charge on any atom is 0.266 e. The molecule has 4 aromatic rings. The third-order valence-corrected chi connectivity index (χ3v) is 7.56. The van der Waals surface area contributed by atoms with Crippen molar-refractivity contribution in [1.29, 1.82) is 0 Å². The van der Waals surface area contributed by atoms with Crippen LogP contribution in [0.25, 0.3) is 16.6 Å². The number of nitrogens with zero attached hydrogens (tertiary/aromatic N) is 3. The lowest BCUT2D eigenvalue weighted by atomic mass is 10.1. The molecule has 0 spiro atoms. The van der Waals surface area contributed by atoms with E-state index in [4.69, 9.17) is 14.5 Å². The average molecular weight is 516 g/mol. The minimum absolute atomic E-state index is 0.0732. The third-order valence-electron chi connectivity index (χ3n) is 6.58. The summed E-state index contributed by atoms with van der Waals surface area (Å²) in [6.45, 7) is 6.33. The summed E-state index contributed by atoms with van der Waals surface area (Å²) in [6.07, 6.45) is 0. The number of hydrogen-bond acceptors (Lipinski definition) is 6. The Bertz CT molecular complexity index is 1510. The van der Waals surface area contributed by atoms with Crippen LogP contribution in [0.4, 0.5) is 0 Å². The fraction of sp³-hybridized carbons (Fsp3) is 0.276. The first-order valence-corrected chi connectivity index (χ1v) is 13.2. The van der Waals surface area contributed by atoms with Crippen molar-refractivity contribution in [3.8, 4) is 11.4 Å². The molecule has 3 aromatic carbocycles. The fourth-order valence-corrected chi connectivity index (χ4v) is 5.48. The largest absolute Gasteiger partial charge is 0.497 e.